The summed E-state index contributed by atoms with van der Waals surface area (Å²) in [6.07, 6.45) is -4.58. The SMILES string of the molecule is O=C(CCNS(=O)(=O)c1ccccc1)Nc1ccccc1NCC(F)(F)F. The lowest BCUT2D eigenvalue weighted by Gasteiger charge is -2.14. The summed E-state index contributed by atoms with van der Waals surface area (Å²) in [5, 5.41) is 4.68. The van der Waals surface area contributed by atoms with Crippen molar-refractivity contribution in [3.63, 3.8) is 0 Å². The van der Waals surface area contributed by atoms with Gasteiger partial charge in [0.1, 0.15) is 6.54 Å². The van der Waals surface area contributed by atoms with Gasteiger partial charge in [0.05, 0.1) is 16.3 Å². The highest BCUT2D eigenvalue weighted by atomic mass is 32.2. The summed E-state index contributed by atoms with van der Waals surface area (Å²) in [5.74, 6) is -0.535. The van der Waals surface area contributed by atoms with Crippen LogP contribution in [0.5, 0.6) is 0 Å². The predicted molar refractivity (Wildman–Crippen MR) is 95.9 cm³/mol. The molecule has 0 saturated carbocycles. The van der Waals surface area contributed by atoms with Crippen LogP contribution >= 0.6 is 0 Å². The van der Waals surface area contributed by atoms with E-state index in [9.17, 15) is 26.4 Å². The molecule has 0 aliphatic heterocycles. The molecule has 6 nitrogen and oxygen atoms in total. The number of carbonyl (C=O) groups excluding carboxylic acids is 1. The maximum atomic E-state index is 12.3. The van der Waals surface area contributed by atoms with E-state index in [0.717, 1.165) is 0 Å². The number of sulfonamides is 1. The predicted octanol–water partition coefficient (Wildman–Crippen LogP) is 2.97. The van der Waals surface area contributed by atoms with Crippen LogP contribution in [0.1, 0.15) is 6.42 Å². The highest BCUT2D eigenvalue weighted by Crippen LogP contribution is 2.23. The van der Waals surface area contributed by atoms with E-state index in [0.29, 0.717) is 0 Å². The Kier molecular flexibility index (Phi) is 6.81. The minimum Gasteiger partial charge on any atom is -0.375 e. The van der Waals surface area contributed by atoms with Gasteiger partial charge in [-0.25, -0.2) is 13.1 Å². The van der Waals surface area contributed by atoms with Gasteiger partial charge in [-0.15, -0.1) is 0 Å². The van der Waals surface area contributed by atoms with Crippen LogP contribution < -0.4 is 15.4 Å². The van der Waals surface area contributed by atoms with Crippen molar-refractivity contribution in [2.45, 2.75) is 17.5 Å². The third-order valence-corrected chi connectivity index (χ3v) is 4.86. The van der Waals surface area contributed by atoms with Crippen molar-refractivity contribution in [3.8, 4) is 0 Å². The Morgan fingerprint density at radius 1 is 0.926 bits per heavy atom. The average Bonchev–Trinajstić information content (AvgIpc) is 2.61. The Morgan fingerprint density at radius 3 is 2.15 bits per heavy atom. The molecule has 0 atom stereocenters. The molecule has 1 amide bonds. The van der Waals surface area contributed by atoms with E-state index < -0.39 is 28.7 Å². The molecule has 146 valence electrons. The molecule has 2 rings (SSSR count). The van der Waals surface area contributed by atoms with Gasteiger partial charge < -0.3 is 10.6 Å². The number of para-hydroxylation sites is 2. The fourth-order valence-electron chi connectivity index (χ4n) is 2.14. The number of hydrogen-bond acceptors (Lipinski definition) is 4. The summed E-state index contributed by atoms with van der Waals surface area (Å²) in [6, 6.07) is 13.6. The topological polar surface area (TPSA) is 87.3 Å². The lowest BCUT2D eigenvalue weighted by Crippen LogP contribution is -2.28. The molecule has 0 unspecified atom stereocenters. The number of carbonyl (C=O) groups is 1. The van der Waals surface area contributed by atoms with Gasteiger partial charge in [-0.1, -0.05) is 30.3 Å². The van der Waals surface area contributed by atoms with Gasteiger partial charge in [-0.3, -0.25) is 4.79 Å². The second kappa shape index (κ2) is 8.87. The minimum atomic E-state index is -4.40. The van der Waals surface area contributed by atoms with E-state index >= 15 is 0 Å². The van der Waals surface area contributed by atoms with E-state index in [2.05, 4.69) is 15.4 Å². The van der Waals surface area contributed by atoms with Gasteiger partial charge in [0, 0.05) is 13.0 Å². The molecule has 10 heteroatoms. The fraction of sp³-hybridized carbons (Fsp3) is 0.235. The standard InChI is InChI=1S/C17H18F3N3O3S/c18-17(19,20)12-21-14-8-4-5-9-15(14)23-16(24)10-11-22-27(25,26)13-6-2-1-3-7-13/h1-9,21-22H,10-12H2,(H,23,24). The zero-order valence-electron chi connectivity index (χ0n) is 14.1. The summed E-state index contributed by atoms with van der Waals surface area (Å²) < 4.78 is 63.4. The van der Waals surface area contributed by atoms with Gasteiger partial charge in [0.2, 0.25) is 15.9 Å². The summed E-state index contributed by atoms with van der Waals surface area (Å²) in [5.41, 5.74) is 0.297. The van der Waals surface area contributed by atoms with E-state index in [4.69, 9.17) is 0 Å². The Bertz CT molecular complexity index is 872. The molecule has 0 fully saturated rings. The van der Waals surface area contributed by atoms with E-state index in [1.165, 1.54) is 30.3 Å². The summed E-state index contributed by atoms with van der Waals surface area (Å²) in [7, 11) is -3.73. The van der Waals surface area contributed by atoms with Crippen molar-refractivity contribution in [3.05, 3.63) is 54.6 Å². The molecule has 3 N–H and O–H groups in total. The molecule has 0 bridgehead atoms. The van der Waals surface area contributed by atoms with Gasteiger partial charge in [-0.2, -0.15) is 13.2 Å². The Hall–Kier alpha value is -2.59. The van der Waals surface area contributed by atoms with Crippen molar-refractivity contribution in [1.29, 1.82) is 0 Å². The highest BCUT2D eigenvalue weighted by molar-refractivity contribution is 7.89. The number of halogens is 3. The van der Waals surface area contributed by atoms with Crippen LogP contribution in [0, 0.1) is 0 Å². The van der Waals surface area contributed by atoms with Crippen molar-refractivity contribution in [2.24, 2.45) is 0 Å². The molecular weight excluding hydrogens is 383 g/mol. The summed E-state index contributed by atoms with van der Waals surface area (Å²) >= 11 is 0. The van der Waals surface area contributed by atoms with E-state index in [1.807, 2.05) is 0 Å². The molecule has 27 heavy (non-hydrogen) atoms. The number of hydrogen-bond donors (Lipinski definition) is 3. The average molecular weight is 401 g/mol. The van der Waals surface area contributed by atoms with Gasteiger partial charge in [0.15, 0.2) is 0 Å². The zero-order chi connectivity index (χ0) is 19.9. The van der Waals surface area contributed by atoms with E-state index in [-0.39, 0.29) is 29.2 Å². The lowest BCUT2D eigenvalue weighted by molar-refractivity contribution is -0.116. The van der Waals surface area contributed by atoms with Gasteiger partial charge in [-0.05, 0) is 24.3 Å². The normalized spacial score (nSPS) is 11.8. The zero-order valence-corrected chi connectivity index (χ0v) is 14.9. The van der Waals surface area contributed by atoms with Crippen molar-refractivity contribution < 1.29 is 26.4 Å². The number of alkyl halides is 3. The second-order valence-electron chi connectivity index (χ2n) is 5.52. The van der Waals surface area contributed by atoms with Crippen LogP contribution in [0.4, 0.5) is 24.5 Å². The number of rotatable bonds is 8. The number of nitrogens with one attached hydrogen (secondary N) is 3. The van der Waals surface area contributed by atoms with Gasteiger partial charge >= 0.3 is 6.18 Å². The maximum absolute atomic E-state index is 12.3. The Labute approximate surface area is 154 Å². The van der Waals surface area contributed by atoms with Gasteiger partial charge in [0.25, 0.3) is 0 Å². The molecule has 2 aromatic carbocycles. The van der Waals surface area contributed by atoms with Crippen molar-refractivity contribution in [1.82, 2.24) is 4.72 Å². The third-order valence-electron chi connectivity index (χ3n) is 3.38. The summed E-state index contributed by atoms with van der Waals surface area (Å²) in [4.78, 5) is 12.1. The maximum Gasteiger partial charge on any atom is 0.405 e. The fourth-order valence-corrected chi connectivity index (χ4v) is 3.19. The molecule has 0 aliphatic rings. The van der Waals surface area contributed by atoms with Crippen LogP contribution in [0.3, 0.4) is 0 Å². The first-order valence-corrected chi connectivity index (χ1v) is 9.40. The monoisotopic (exact) mass is 401 g/mol. The Morgan fingerprint density at radius 2 is 1.52 bits per heavy atom. The first-order valence-electron chi connectivity index (χ1n) is 7.91. The van der Waals surface area contributed by atoms with Crippen LogP contribution in [-0.4, -0.2) is 33.6 Å². The third kappa shape index (κ3) is 6.91. The first kappa shape index (κ1) is 20.7. The molecule has 0 saturated heterocycles. The van der Waals surface area contributed by atoms with Crippen LogP contribution in [0.15, 0.2) is 59.5 Å². The molecule has 0 aliphatic carbocycles. The summed E-state index contributed by atoms with van der Waals surface area (Å²) in [6.45, 7) is -1.39. The second-order valence-corrected chi connectivity index (χ2v) is 7.29. The molecule has 2 aromatic rings. The lowest BCUT2D eigenvalue weighted by atomic mass is 10.2. The quantitative estimate of drug-likeness (QED) is 0.635. The van der Waals surface area contributed by atoms with Crippen molar-refractivity contribution in [2.75, 3.05) is 23.7 Å². The smallest absolute Gasteiger partial charge is 0.375 e. The molecule has 0 spiro atoms. The number of benzene rings is 2. The number of anilines is 2. The molecule has 0 radical (unpaired) electrons. The highest BCUT2D eigenvalue weighted by Gasteiger charge is 2.27. The first-order chi connectivity index (χ1) is 12.7. The molecule has 0 aromatic heterocycles. The van der Waals surface area contributed by atoms with E-state index in [1.54, 1.807) is 24.3 Å². The Balaban J connectivity index is 1.89. The van der Waals surface area contributed by atoms with Crippen LogP contribution in [0.2, 0.25) is 0 Å². The molecule has 0 heterocycles. The largest absolute Gasteiger partial charge is 0.405 e. The van der Waals surface area contributed by atoms with Crippen LogP contribution in [0.25, 0.3) is 0 Å². The van der Waals surface area contributed by atoms with Crippen molar-refractivity contribution >= 4 is 27.3 Å². The molecular formula is C17H18F3N3O3S. The minimum absolute atomic E-state index is 0.0760. The van der Waals surface area contributed by atoms with Crippen LogP contribution in [-0.2, 0) is 14.8 Å². The number of amides is 1.